The van der Waals surface area contributed by atoms with Gasteiger partial charge >= 0.3 is 0 Å². The number of benzene rings is 1. The predicted octanol–water partition coefficient (Wildman–Crippen LogP) is 6.05. The van der Waals surface area contributed by atoms with Gasteiger partial charge in [-0.3, -0.25) is 0 Å². The number of aromatic hydroxyl groups is 2. The minimum atomic E-state index is 0. The summed E-state index contributed by atoms with van der Waals surface area (Å²) in [4.78, 5) is 0. The summed E-state index contributed by atoms with van der Waals surface area (Å²) in [5.41, 5.74) is 4.11. The van der Waals surface area contributed by atoms with E-state index in [1.807, 2.05) is 19.1 Å². The first-order valence-electron chi connectivity index (χ1n) is 9.93. The van der Waals surface area contributed by atoms with Crippen LogP contribution in [-0.4, -0.2) is 18.1 Å². The number of allylic oxidation sites excluding steroid dienone is 3. The van der Waals surface area contributed by atoms with Crippen LogP contribution in [-0.2, 0) is 6.42 Å². The van der Waals surface area contributed by atoms with E-state index in [-0.39, 0.29) is 30.1 Å². The number of hydrogen-bond acceptors (Lipinski definition) is 2. The molecule has 0 spiro atoms. The third kappa shape index (κ3) is 5.69. The Morgan fingerprint density at radius 1 is 1.32 bits per heavy atom. The number of phenolic OH excluding ortho intramolecular Hbond substituents is 2. The zero-order valence-electron chi connectivity index (χ0n) is 17.0. The number of aryl methyl sites for hydroxylation is 1. The maximum absolute atomic E-state index is 10.5. The van der Waals surface area contributed by atoms with E-state index >= 15 is 0 Å². The first-order valence-corrected chi connectivity index (χ1v) is 9.22. The molecule has 1 aliphatic rings. The largest absolute Gasteiger partial charge is 0.507 e. The molecule has 1 aliphatic carbocycles. The van der Waals surface area contributed by atoms with Gasteiger partial charge in [0, 0.05) is 12.9 Å². The molecule has 0 aliphatic heterocycles. The highest BCUT2D eigenvalue weighted by Gasteiger charge is 2.29. The van der Waals surface area contributed by atoms with Crippen LogP contribution in [0.4, 0.5) is 0 Å². The maximum Gasteiger partial charge on any atom is 0.123 e. The van der Waals surface area contributed by atoms with Crippen molar-refractivity contribution in [3.05, 3.63) is 47.1 Å². The smallest absolute Gasteiger partial charge is 0.123 e. The van der Waals surface area contributed by atoms with Crippen LogP contribution in [0.1, 0.15) is 71.3 Å². The third-order valence-corrected chi connectivity index (χ3v) is 4.98. The summed E-state index contributed by atoms with van der Waals surface area (Å²) in [7, 11) is 4.51. The molecule has 2 nitrogen and oxygen atoms in total. The van der Waals surface area contributed by atoms with Gasteiger partial charge in [-0.2, -0.15) is 0 Å². The highest BCUT2D eigenvalue weighted by atomic mass is 16.3. The predicted molar refractivity (Wildman–Crippen MR) is 109 cm³/mol. The molecule has 2 unspecified atom stereocenters. The summed E-state index contributed by atoms with van der Waals surface area (Å²) in [6.45, 7) is 10.4. The van der Waals surface area contributed by atoms with E-state index in [1.165, 1.54) is 18.4 Å². The van der Waals surface area contributed by atoms with Crippen LogP contribution in [0.25, 0.3) is 0 Å². The van der Waals surface area contributed by atoms with Crippen LogP contribution in [0.5, 0.6) is 11.5 Å². The molecule has 0 bridgehead atoms. The molecule has 136 valence electrons. The van der Waals surface area contributed by atoms with Crippen LogP contribution in [0, 0.1) is 5.92 Å². The number of phenols is 2. The molecule has 3 heteroatoms. The summed E-state index contributed by atoms with van der Waals surface area (Å²) in [5, 5.41) is 21.1. The lowest BCUT2D eigenvalue weighted by molar-refractivity contribution is 0.406. The van der Waals surface area contributed by atoms with E-state index in [0.29, 0.717) is 5.56 Å². The van der Waals surface area contributed by atoms with Crippen molar-refractivity contribution in [3.8, 4) is 11.5 Å². The molecule has 2 atom stereocenters. The molecule has 0 amide bonds. The summed E-state index contributed by atoms with van der Waals surface area (Å²) in [5.74, 6) is 0.741. The van der Waals surface area contributed by atoms with E-state index in [2.05, 4.69) is 34.3 Å². The molecular formula is C22H33BO2. The zero-order chi connectivity index (χ0) is 19.7. The molecule has 0 aromatic heterocycles. The fourth-order valence-corrected chi connectivity index (χ4v) is 3.65. The lowest BCUT2D eigenvalue weighted by Crippen LogP contribution is -2.17. The molecule has 0 heterocycles. The van der Waals surface area contributed by atoms with Crippen molar-refractivity contribution in [2.75, 3.05) is 0 Å². The second-order valence-electron chi connectivity index (χ2n) is 7.04. The van der Waals surface area contributed by atoms with Crippen molar-refractivity contribution < 1.29 is 11.6 Å². The van der Waals surface area contributed by atoms with Crippen molar-refractivity contribution in [3.63, 3.8) is 0 Å². The van der Waals surface area contributed by atoms with Crippen molar-refractivity contribution in [1.29, 1.82) is 0 Å². The Bertz CT molecular complexity index is 602. The molecule has 0 saturated carbocycles. The maximum atomic E-state index is 10.5. The van der Waals surface area contributed by atoms with Crippen molar-refractivity contribution in [2.24, 2.45) is 5.92 Å². The molecule has 1 aromatic carbocycles. The topological polar surface area (TPSA) is 40.5 Å². The number of hydrogen-bond donors (Lipinski definition) is 2. The number of unbranched alkanes of at least 4 members (excludes halogenated alkanes) is 2. The Balaban J connectivity index is 0.00000105. The quantitative estimate of drug-likeness (QED) is 0.376. The Kier molecular flexibility index (Phi) is 8.17. The van der Waals surface area contributed by atoms with Crippen molar-refractivity contribution >= 4 is 7.85 Å². The van der Waals surface area contributed by atoms with Crippen LogP contribution < -0.4 is 0 Å². The van der Waals surface area contributed by atoms with E-state index in [0.717, 1.165) is 36.8 Å². The summed E-state index contributed by atoms with van der Waals surface area (Å²) in [6.07, 6.45) is 8.61. The summed E-state index contributed by atoms with van der Waals surface area (Å²) in [6, 6.07) is 3.66. The van der Waals surface area contributed by atoms with Gasteiger partial charge < -0.3 is 10.2 Å². The van der Waals surface area contributed by atoms with Gasteiger partial charge in [-0.05, 0) is 63.1 Å². The summed E-state index contributed by atoms with van der Waals surface area (Å²) < 4.78 is 5.99. The Hall–Kier alpha value is -1.64. The molecular weight excluding hydrogens is 307 g/mol. The number of rotatable bonds is 6. The van der Waals surface area contributed by atoms with E-state index in [9.17, 15) is 10.2 Å². The van der Waals surface area contributed by atoms with Crippen molar-refractivity contribution in [1.82, 2.24) is 0 Å². The van der Waals surface area contributed by atoms with Gasteiger partial charge in [0.25, 0.3) is 0 Å². The zero-order valence-corrected chi connectivity index (χ0v) is 16.0. The van der Waals surface area contributed by atoms with Gasteiger partial charge in [-0.1, -0.05) is 50.4 Å². The van der Waals surface area contributed by atoms with Gasteiger partial charge in [0.05, 0.1) is 7.85 Å². The van der Waals surface area contributed by atoms with Gasteiger partial charge in [0.1, 0.15) is 11.5 Å². The van der Waals surface area contributed by atoms with E-state index in [1.54, 1.807) is 0 Å². The average molecular weight is 341 g/mol. The lowest BCUT2D eigenvalue weighted by atomic mass is 9.73. The normalized spacial score (nSPS) is 20.1. The fraction of sp³-hybridized carbons (Fsp3) is 0.545. The molecule has 2 radical (unpaired) electrons. The highest BCUT2D eigenvalue weighted by Crippen LogP contribution is 2.46. The standard InChI is InChI=1S/C21H30O2.CH3B/c1-5-6-7-8-16-12-19(22)21(20(23)13-16)18-11-15(4)9-10-17(18)14(2)3;1-2/h11-13,17-18,22-23H,2,5-10H2,1,3-4H3;1H3/i;1D. The van der Waals surface area contributed by atoms with Gasteiger partial charge in [0.2, 0.25) is 0 Å². The first-order chi connectivity index (χ1) is 12.3. The average Bonchev–Trinajstić information content (AvgIpc) is 2.55. The highest BCUT2D eigenvalue weighted by molar-refractivity contribution is 6.05. The van der Waals surface area contributed by atoms with Gasteiger partial charge in [0.15, 0.2) is 0 Å². The van der Waals surface area contributed by atoms with E-state index in [4.69, 9.17) is 1.37 Å². The third-order valence-electron chi connectivity index (χ3n) is 4.98. The minimum Gasteiger partial charge on any atom is -0.507 e. The first kappa shape index (κ1) is 19.7. The molecule has 25 heavy (non-hydrogen) atoms. The fourth-order valence-electron chi connectivity index (χ4n) is 3.65. The Morgan fingerprint density at radius 3 is 2.44 bits per heavy atom. The molecule has 1 aromatic rings. The van der Waals surface area contributed by atoms with Crippen LogP contribution >= 0.6 is 0 Å². The van der Waals surface area contributed by atoms with Crippen molar-refractivity contribution in [2.45, 2.75) is 72.0 Å². The van der Waals surface area contributed by atoms with Crippen LogP contribution in [0.15, 0.2) is 35.9 Å². The van der Waals surface area contributed by atoms with Gasteiger partial charge in [-0.15, -0.1) is 0 Å². The van der Waals surface area contributed by atoms with Gasteiger partial charge in [-0.25, -0.2) is 0 Å². The lowest BCUT2D eigenvalue weighted by Gasteiger charge is -2.31. The Labute approximate surface area is 156 Å². The molecule has 0 fully saturated rings. The molecule has 2 rings (SSSR count). The molecule has 0 saturated heterocycles. The second-order valence-corrected chi connectivity index (χ2v) is 7.04. The van der Waals surface area contributed by atoms with Crippen LogP contribution in [0.2, 0.25) is 6.80 Å². The Morgan fingerprint density at radius 2 is 1.92 bits per heavy atom. The summed E-state index contributed by atoms with van der Waals surface area (Å²) >= 11 is 0. The second kappa shape index (κ2) is 10.4. The molecule has 2 N–H and O–H groups in total. The van der Waals surface area contributed by atoms with E-state index < -0.39 is 0 Å². The monoisotopic (exact) mass is 341 g/mol. The minimum absolute atomic E-state index is 0. The SMILES string of the molecule is C=C(C)C1CCC(C)=CC1c1c(O)cc(CCCCC)cc1O.[2H]C[B]. The van der Waals surface area contributed by atoms with Crippen LogP contribution in [0.3, 0.4) is 0 Å².